The Morgan fingerprint density at radius 2 is 0.790 bits per heavy atom. The Morgan fingerprint density at radius 3 is 1.48 bits per heavy atom. The van der Waals surface area contributed by atoms with E-state index in [0.29, 0.717) is 5.82 Å². The van der Waals surface area contributed by atoms with Gasteiger partial charge in [0.25, 0.3) is 0 Å². The Balaban J connectivity index is 1.10. The lowest BCUT2D eigenvalue weighted by Crippen LogP contribution is -2.29. The predicted octanol–water partition coefficient (Wildman–Crippen LogP) is 15.1. The van der Waals surface area contributed by atoms with Crippen LogP contribution < -0.4 is 0 Å². The van der Waals surface area contributed by atoms with Gasteiger partial charge in [-0.05, 0) is 97.1 Å². The summed E-state index contributed by atoms with van der Waals surface area (Å²) < 4.78 is 6.42. The van der Waals surface area contributed by atoms with E-state index in [-0.39, 0.29) is 0 Å². The molecule has 13 rings (SSSR count). The van der Waals surface area contributed by atoms with Crippen LogP contribution in [-0.2, 0) is 5.41 Å². The maximum Gasteiger partial charge on any atom is 0.160 e. The average molecular weight is 789 g/mol. The van der Waals surface area contributed by atoms with Gasteiger partial charge in [-0.3, -0.25) is 0 Å². The summed E-state index contributed by atoms with van der Waals surface area (Å²) in [6, 6.07) is 78.7. The average Bonchev–Trinajstić information content (AvgIpc) is 3.84. The summed E-state index contributed by atoms with van der Waals surface area (Å²) in [6.45, 7) is 0. The topological polar surface area (TPSA) is 38.9 Å². The SMILES string of the molecule is c1ccc(-c2ccccc2-c2cc(-c3ccc4c(c3)oc3ccccc34)nc(-c3ccc4c(c3)C3(c5ccccc5-c5ccccc5-4)c4ccccc4-c4ccccc43)n2)cc1. The molecule has 11 aromatic rings. The van der Waals surface area contributed by atoms with Gasteiger partial charge < -0.3 is 4.42 Å². The number of fused-ring (bicyclic) bond motifs is 15. The lowest BCUT2D eigenvalue weighted by atomic mass is 9.65. The smallest absolute Gasteiger partial charge is 0.160 e. The first-order valence-electron chi connectivity index (χ1n) is 21.2. The van der Waals surface area contributed by atoms with Crippen molar-refractivity contribution in [1.29, 1.82) is 0 Å². The molecule has 9 aromatic carbocycles. The molecule has 0 atom stereocenters. The molecule has 2 aliphatic rings. The highest BCUT2D eigenvalue weighted by molar-refractivity contribution is 6.06. The van der Waals surface area contributed by atoms with E-state index in [1.54, 1.807) is 0 Å². The molecule has 0 saturated heterocycles. The molecular formula is C59H36N2O. The first-order chi connectivity index (χ1) is 30.7. The summed E-state index contributed by atoms with van der Waals surface area (Å²) in [4.78, 5) is 11.0. The second-order valence-electron chi connectivity index (χ2n) is 16.4. The molecule has 1 spiro atoms. The summed E-state index contributed by atoms with van der Waals surface area (Å²) in [5.74, 6) is 0.661. The summed E-state index contributed by atoms with van der Waals surface area (Å²) in [7, 11) is 0. The zero-order valence-corrected chi connectivity index (χ0v) is 33.6. The second kappa shape index (κ2) is 13.4. The van der Waals surface area contributed by atoms with Gasteiger partial charge >= 0.3 is 0 Å². The van der Waals surface area contributed by atoms with Gasteiger partial charge in [0.15, 0.2) is 5.82 Å². The molecule has 2 aliphatic carbocycles. The standard InChI is InChI=1S/C59H36N2O/c1-2-16-37(17-3-1)40-18-4-7-24-47(40)55-36-54(38-30-33-49-48-25-11-15-29-56(48)62-57(49)35-38)60-58(61-55)39-31-32-46-42-20-6-5-19-41(42)43-21-8-12-26-50(43)59(53(46)34-39)51-27-13-9-22-44(51)45-23-10-14-28-52(45)59/h1-36H. The predicted molar refractivity (Wildman–Crippen MR) is 253 cm³/mol. The van der Waals surface area contributed by atoms with Crippen LogP contribution >= 0.6 is 0 Å². The fourth-order valence-corrected chi connectivity index (χ4v) is 10.5. The largest absolute Gasteiger partial charge is 0.456 e. The third kappa shape index (κ3) is 5.00. The molecule has 2 heterocycles. The number of nitrogens with zero attached hydrogens (tertiary/aromatic N) is 2. The van der Waals surface area contributed by atoms with Gasteiger partial charge in [0, 0.05) is 27.5 Å². The molecule has 0 unspecified atom stereocenters. The summed E-state index contributed by atoms with van der Waals surface area (Å²) in [6.07, 6.45) is 0. The Kier molecular flexibility index (Phi) is 7.52. The molecule has 0 aliphatic heterocycles. The summed E-state index contributed by atoms with van der Waals surface area (Å²) in [5, 5.41) is 2.19. The van der Waals surface area contributed by atoms with E-state index in [4.69, 9.17) is 14.4 Å². The number of hydrogen-bond donors (Lipinski definition) is 0. The molecule has 3 nitrogen and oxygen atoms in total. The third-order valence-electron chi connectivity index (χ3n) is 13.2. The van der Waals surface area contributed by atoms with Gasteiger partial charge in [-0.1, -0.05) is 188 Å². The van der Waals surface area contributed by atoms with Crippen molar-refractivity contribution in [2.24, 2.45) is 0 Å². The van der Waals surface area contributed by atoms with E-state index in [9.17, 15) is 0 Å². The zero-order chi connectivity index (χ0) is 40.8. The molecule has 0 amide bonds. The Bertz CT molecular complexity index is 3550. The van der Waals surface area contributed by atoms with Crippen molar-refractivity contribution in [2.75, 3.05) is 0 Å². The van der Waals surface area contributed by atoms with Crippen LogP contribution in [0.3, 0.4) is 0 Å². The lowest BCUT2D eigenvalue weighted by molar-refractivity contribution is 0.669. The van der Waals surface area contributed by atoms with Crippen molar-refractivity contribution < 1.29 is 4.42 Å². The number of para-hydroxylation sites is 1. The second-order valence-corrected chi connectivity index (χ2v) is 16.4. The molecule has 0 saturated carbocycles. The van der Waals surface area contributed by atoms with E-state index in [2.05, 4.69) is 206 Å². The lowest BCUT2D eigenvalue weighted by Gasteiger charge is -2.35. The number of furan rings is 1. The van der Waals surface area contributed by atoms with Crippen LogP contribution in [0.4, 0.5) is 0 Å². The molecule has 0 bridgehead atoms. The monoisotopic (exact) mass is 788 g/mol. The van der Waals surface area contributed by atoms with Crippen LogP contribution in [0.1, 0.15) is 22.3 Å². The first kappa shape index (κ1) is 34.7. The van der Waals surface area contributed by atoms with E-state index < -0.39 is 5.41 Å². The van der Waals surface area contributed by atoms with Crippen LogP contribution in [0, 0.1) is 0 Å². The maximum absolute atomic E-state index is 6.42. The van der Waals surface area contributed by atoms with Crippen molar-refractivity contribution in [3.63, 3.8) is 0 Å². The van der Waals surface area contributed by atoms with Crippen LogP contribution in [0.15, 0.2) is 223 Å². The molecule has 62 heavy (non-hydrogen) atoms. The summed E-state index contributed by atoms with van der Waals surface area (Å²) >= 11 is 0. The van der Waals surface area contributed by atoms with E-state index >= 15 is 0 Å². The Morgan fingerprint density at radius 1 is 0.290 bits per heavy atom. The quantitative estimate of drug-likeness (QED) is 0.178. The zero-order valence-electron chi connectivity index (χ0n) is 33.6. The van der Waals surface area contributed by atoms with Crippen LogP contribution in [-0.4, -0.2) is 9.97 Å². The number of benzene rings is 9. The maximum atomic E-state index is 6.42. The normalized spacial score (nSPS) is 13.0. The van der Waals surface area contributed by atoms with Crippen molar-refractivity contribution in [2.45, 2.75) is 5.41 Å². The highest BCUT2D eigenvalue weighted by Crippen LogP contribution is 2.61. The highest BCUT2D eigenvalue weighted by Gasteiger charge is 2.49. The Labute approximate surface area is 359 Å². The first-order valence-corrected chi connectivity index (χ1v) is 21.2. The van der Waals surface area contributed by atoms with E-state index in [1.807, 2.05) is 12.1 Å². The fraction of sp³-hybridized carbons (Fsp3) is 0.0169. The summed E-state index contributed by atoms with van der Waals surface area (Å²) in [5.41, 5.74) is 20.5. The molecule has 0 N–H and O–H groups in total. The Hall–Kier alpha value is -8.14. The number of rotatable bonds is 4. The van der Waals surface area contributed by atoms with Gasteiger partial charge in [0.05, 0.1) is 16.8 Å². The highest BCUT2D eigenvalue weighted by atomic mass is 16.3. The molecule has 288 valence electrons. The molecular weight excluding hydrogens is 753 g/mol. The minimum atomic E-state index is -0.610. The molecule has 0 radical (unpaired) electrons. The van der Waals surface area contributed by atoms with Gasteiger partial charge in [-0.15, -0.1) is 0 Å². The minimum Gasteiger partial charge on any atom is -0.456 e. The molecule has 2 aromatic heterocycles. The van der Waals surface area contributed by atoms with Gasteiger partial charge in [-0.2, -0.15) is 0 Å². The van der Waals surface area contributed by atoms with Crippen molar-refractivity contribution in [3.05, 3.63) is 241 Å². The van der Waals surface area contributed by atoms with Gasteiger partial charge in [-0.25, -0.2) is 9.97 Å². The van der Waals surface area contributed by atoms with Gasteiger partial charge in [0.2, 0.25) is 0 Å². The van der Waals surface area contributed by atoms with E-state index in [1.165, 1.54) is 55.6 Å². The van der Waals surface area contributed by atoms with E-state index in [0.717, 1.165) is 61.1 Å². The van der Waals surface area contributed by atoms with Crippen molar-refractivity contribution in [1.82, 2.24) is 9.97 Å². The van der Waals surface area contributed by atoms with Gasteiger partial charge in [0.1, 0.15) is 11.2 Å². The van der Waals surface area contributed by atoms with Crippen LogP contribution in [0.25, 0.3) is 100 Å². The molecule has 3 heteroatoms. The number of hydrogen-bond acceptors (Lipinski definition) is 3. The molecule has 0 fully saturated rings. The minimum absolute atomic E-state index is 0.610. The third-order valence-corrected chi connectivity index (χ3v) is 13.2. The van der Waals surface area contributed by atoms with Crippen molar-refractivity contribution >= 4 is 21.9 Å². The fourth-order valence-electron chi connectivity index (χ4n) is 10.5. The van der Waals surface area contributed by atoms with Crippen molar-refractivity contribution in [3.8, 4) is 78.4 Å². The van der Waals surface area contributed by atoms with Crippen LogP contribution in [0.5, 0.6) is 0 Å². The number of aromatic nitrogens is 2. The van der Waals surface area contributed by atoms with Crippen LogP contribution in [0.2, 0.25) is 0 Å².